The summed E-state index contributed by atoms with van der Waals surface area (Å²) < 4.78 is 1.29. The molecule has 0 aliphatic heterocycles. The van der Waals surface area contributed by atoms with Crippen LogP contribution in [0.1, 0.15) is 207 Å². The maximum absolute atomic E-state index is 9.65. The molecule has 9 aliphatic carbocycles. The van der Waals surface area contributed by atoms with Gasteiger partial charge in [0.1, 0.15) is 0 Å². The fourth-order valence-corrected chi connectivity index (χ4v) is 14.2. The minimum atomic E-state index is -0.745. The summed E-state index contributed by atoms with van der Waals surface area (Å²) in [6, 6.07) is 6.49. The molecule has 0 amide bonds. The molecule has 5 heteroatoms. The smallest absolute Gasteiger partial charge is 0.0954 e. The topological polar surface area (TPSA) is 46.0 Å². The first-order valence-corrected chi connectivity index (χ1v) is 24.9. The molecule has 56 heavy (non-hydrogen) atoms. The molecular formula is C51H82N2OS2. The van der Waals surface area contributed by atoms with E-state index in [0.29, 0.717) is 11.8 Å². The van der Waals surface area contributed by atoms with Gasteiger partial charge in [-0.15, -0.1) is 22.7 Å². The van der Waals surface area contributed by atoms with Crippen molar-refractivity contribution in [2.24, 2.45) is 63.1 Å². The van der Waals surface area contributed by atoms with E-state index in [9.17, 15) is 5.11 Å². The van der Waals surface area contributed by atoms with Gasteiger partial charge in [-0.1, -0.05) is 82.2 Å². The number of hydrogen-bond donors (Lipinski definition) is 1. The minimum absolute atomic E-state index is 0.450. The zero-order valence-corrected chi connectivity index (χ0v) is 39.8. The molecule has 0 atom stereocenters. The zero-order chi connectivity index (χ0) is 40.8. The van der Waals surface area contributed by atoms with Gasteiger partial charge < -0.3 is 5.11 Å². The van der Waals surface area contributed by atoms with Crippen molar-refractivity contribution in [2.75, 3.05) is 0 Å². The second kappa shape index (κ2) is 17.0. The van der Waals surface area contributed by atoms with Gasteiger partial charge in [-0.3, -0.25) is 0 Å². The van der Waals surface area contributed by atoms with Crippen molar-refractivity contribution < 1.29 is 5.11 Å². The summed E-state index contributed by atoms with van der Waals surface area (Å²) in [6.45, 7) is 29.2. The van der Waals surface area contributed by atoms with Crippen LogP contribution in [0, 0.1) is 63.1 Å². The molecule has 0 radical (unpaired) electrons. The van der Waals surface area contributed by atoms with Gasteiger partial charge in [0.25, 0.3) is 0 Å². The molecule has 9 aliphatic rings. The van der Waals surface area contributed by atoms with Crippen molar-refractivity contribution in [2.45, 2.75) is 197 Å². The monoisotopic (exact) mass is 803 g/mol. The van der Waals surface area contributed by atoms with Crippen molar-refractivity contribution in [1.82, 2.24) is 9.97 Å². The number of rotatable bonds is 6. The Kier molecular flexibility index (Phi) is 13.4. The van der Waals surface area contributed by atoms with Gasteiger partial charge in [-0.2, -0.15) is 0 Å². The number of fused-ring (bicyclic) bond motifs is 3. The Hall–Kier alpha value is -1.30. The predicted molar refractivity (Wildman–Crippen MR) is 244 cm³/mol. The molecule has 2 aromatic heterocycles. The predicted octanol–water partition coefficient (Wildman–Crippen LogP) is 15.8. The van der Waals surface area contributed by atoms with Gasteiger partial charge in [0.2, 0.25) is 0 Å². The maximum Gasteiger partial charge on any atom is 0.0954 e. The average molecular weight is 803 g/mol. The van der Waals surface area contributed by atoms with E-state index in [-0.39, 0.29) is 0 Å². The molecule has 3 nitrogen and oxygen atoms in total. The highest BCUT2D eigenvalue weighted by atomic mass is 32.1. The van der Waals surface area contributed by atoms with E-state index in [4.69, 9.17) is 0 Å². The lowest BCUT2D eigenvalue weighted by Gasteiger charge is -2.64. The minimum Gasteiger partial charge on any atom is -0.385 e. The molecule has 0 spiro atoms. The molecule has 1 aromatic carbocycles. The normalized spacial score (nSPS) is 34.3. The number of aromatic nitrogens is 2. The first kappa shape index (κ1) is 44.3. The summed E-state index contributed by atoms with van der Waals surface area (Å²) >= 11 is 3.29. The van der Waals surface area contributed by atoms with Crippen LogP contribution >= 0.6 is 22.7 Å². The fraction of sp³-hybridized carbons (Fsp3) is 0.804. The first-order chi connectivity index (χ1) is 26.2. The van der Waals surface area contributed by atoms with E-state index < -0.39 is 5.60 Å². The molecule has 9 saturated carbocycles. The van der Waals surface area contributed by atoms with Gasteiger partial charge in [-0.25, -0.2) is 9.97 Å². The second-order valence-electron chi connectivity index (χ2n) is 22.9. The molecule has 1 N–H and O–H groups in total. The SMILES string of the molecule is CC(C)C12CC(C1)C2.CC(C)C12CC3CC(CC(C3)C1)C2.CC(C)C12CCC(C)(CC1)C2.CC(C)c1ccc2ncsc2c1.CC(C)c1ncc(C(C)(C)O)s1. The van der Waals surface area contributed by atoms with Crippen LogP contribution in [0.2, 0.25) is 0 Å². The van der Waals surface area contributed by atoms with E-state index >= 15 is 0 Å². The summed E-state index contributed by atoms with van der Waals surface area (Å²) in [6.07, 6.45) is 23.5. The Labute approximate surface area is 352 Å². The summed E-state index contributed by atoms with van der Waals surface area (Å²) in [5, 5.41) is 10.7. The van der Waals surface area contributed by atoms with Crippen molar-refractivity contribution in [3.63, 3.8) is 0 Å². The molecule has 0 unspecified atom stereocenters. The quantitative estimate of drug-likeness (QED) is 0.270. The van der Waals surface area contributed by atoms with Gasteiger partial charge in [0, 0.05) is 12.1 Å². The standard InChI is InChI=1S/C13H22.C11H20.C10H11NS.C9H15NOS.C8H14/c1-9(2)13-6-10-3-11(7-13)5-12(4-10)8-13;1-9(2)11-6-4-10(3,8-11)5-7-11;1-7(2)8-3-4-9-10(5-8)12-6-11-9;1-6(2)8-10-5-7(12-8)9(3,4)11;1-6(2)8-3-7(4-8)5-8/h9-12H,3-8H2,1-2H3;9H,4-8H2,1-3H3;3-7H,1-2H3;5-6,11H,1-4H3;6-7H,3-5H2,1-2H3. The highest BCUT2D eigenvalue weighted by Crippen LogP contribution is 2.68. The lowest BCUT2D eigenvalue weighted by atomic mass is 9.41. The largest absolute Gasteiger partial charge is 0.385 e. The van der Waals surface area contributed by atoms with Crippen LogP contribution in [0.25, 0.3) is 10.2 Å². The summed E-state index contributed by atoms with van der Waals surface area (Å²) in [7, 11) is 0. The maximum atomic E-state index is 9.65. The van der Waals surface area contributed by atoms with Crippen LogP contribution in [-0.2, 0) is 5.60 Å². The highest BCUT2D eigenvalue weighted by Gasteiger charge is 2.57. The van der Waals surface area contributed by atoms with Gasteiger partial charge in [0.05, 0.1) is 31.2 Å². The van der Waals surface area contributed by atoms with Crippen LogP contribution in [0.4, 0.5) is 0 Å². The van der Waals surface area contributed by atoms with Crippen LogP contribution in [0.15, 0.2) is 29.9 Å². The Balaban J connectivity index is 0.000000119. The van der Waals surface area contributed by atoms with Crippen molar-refractivity contribution in [3.05, 3.63) is 45.4 Å². The van der Waals surface area contributed by atoms with Crippen molar-refractivity contribution >= 4 is 32.9 Å². The van der Waals surface area contributed by atoms with E-state index in [0.717, 1.165) is 78.5 Å². The number of aliphatic hydroxyl groups is 1. The number of benzene rings is 1. The zero-order valence-electron chi connectivity index (χ0n) is 38.1. The summed E-state index contributed by atoms with van der Waals surface area (Å²) in [4.78, 5) is 9.41. The third kappa shape index (κ3) is 9.67. The molecule has 2 heterocycles. The van der Waals surface area contributed by atoms with Crippen LogP contribution in [0.3, 0.4) is 0 Å². The average Bonchev–Trinajstić information content (AvgIpc) is 3.87. The van der Waals surface area contributed by atoms with E-state index in [1.54, 1.807) is 101 Å². The molecule has 9 fully saturated rings. The molecule has 8 bridgehead atoms. The lowest BCUT2D eigenvalue weighted by Crippen LogP contribution is -2.54. The number of nitrogens with zero attached hydrogens (tertiary/aromatic N) is 2. The lowest BCUT2D eigenvalue weighted by molar-refractivity contribution is -0.141. The molecule has 3 aromatic rings. The second-order valence-corrected chi connectivity index (χ2v) is 24.9. The van der Waals surface area contributed by atoms with Crippen LogP contribution in [0.5, 0.6) is 0 Å². The first-order valence-electron chi connectivity index (χ1n) is 23.2. The third-order valence-corrected chi connectivity index (χ3v) is 19.1. The van der Waals surface area contributed by atoms with Crippen molar-refractivity contribution in [1.29, 1.82) is 0 Å². The molecule has 314 valence electrons. The van der Waals surface area contributed by atoms with Crippen LogP contribution < -0.4 is 0 Å². The van der Waals surface area contributed by atoms with Crippen molar-refractivity contribution in [3.8, 4) is 0 Å². The van der Waals surface area contributed by atoms with Gasteiger partial charge >= 0.3 is 0 Å². The Bertz CT molecular complexity index is 1660. The van der Waals surface area contributed by atoms with E-state index in [1.165, 1.54) is 42.4 Å². The Morgan fingerprint density at radius 3 is 1.48 bits per heavy atom. The Morgan fingerprint density at radius 2 is 1.16 bits per heavy atom. The molecular weight excluding hydrogens is 721 g/mol. The van der Waals surface area contributed by atoms with Crippen LogP contribution in [-0.4, -0.2) is 15.1 Å². The fourth-order valence-electron chi connectivity index (χ4n) is 12.5. The van der Waals surface area contributed by atoms with E-state index in [1.807, 2.05) is 5.51 Å². The van der Waals surface area contributed by atoms with Gasteiger partial charge in [0.15, 0.2) is 0 Å². The number of thiazole rings is 2. The highest BCUT2D eigenvalue weighted by molar-refractivity contribution is 7.16. The number of hydrogen-bond acceptors (Lipinski definition) is 5. The summed E-state index contributed by atoms with van der Waals surface area (Å²) in [5.74, 6) is 8.45. The van der Waals surface area contributed by atoms with Gasteiger partial charge in [-0.05, 0) is 190 Å². The Morgan fingerprint density at radius 1 is 0.661 bits per heavy atom. The van der Waals surface area contributed by atoms with E-state index in [2.05, 4.69) is 104 Å². The molecule has 12 rings (SSSR count). The third-order valence-electron chi connectivity index (χ3n) is 16.7. The molecule has 0 saturated heterocycles. The summed E-state index contributed by atoms with van der Waals surface area (Å²) in [5.41, 5.74) is 6.86.